The molecule has 0 unspecified atom stereocenters. The van der Waals surface area contributed by atoms with E-state index in [9.17, 15) is 0 Å². The lowest BCUT2D eigenvalue weighted by atomic mass is 10.1. The van der Waals surface area contributed by atoms with Crippen molar-refractivity contribution in [1.29, 1.82) is 0 Å². The second kappa shape index (κ2) is 18.6. The number of hydrogen-bond acceptors (Lipinski definition) is 2. The van der Waals surface area contributed by atoms with E-state index in [1.54, 1.807) is 0 Å². The van der Waals surface area contributed by atoms with Gasteiger partial charge in [-0.2, -0.15) is 9.13 Å². The Bertz CT molecular complexity index is 1370. The minimum atomic E-state index is 0. The molecule has 0 aliphatic rings. The van der Waals surface area contributed by atoms with Crippen molar-refractivity contribution < 1.29 is 43.1 Å². The van der Waals surface area contributed by atoms with E-state index >= 15 is 0 Å². The van der Waals surface area contributed by atoms with Crippen LogP contribution in [0, 0.1) is 13.8 Å². The molecule has 2 aromatic heterocycles. The molecule has 2 heterocycles. The molecule has 4 nitrogen and oxygen atoms in total. The van der Waals surface area contributed by atoms with Gasteiger partial charge in [-0.3, -0.25) is 0 Å². The summed E-state index contributed by atoms with van der Waals surface area (Å²) in [6, 6.07) is 22.1. The number of rotatable bonds is 13. The molecule has 0 aliphatic heterocycles. The van der Waals surface area contributed by atoms with Crippen molar-refractivity contribution in [2.24, 2.45) is 0 Å². The van der Waals surface area contributed by atoms with Crippen molar-refractivity contribution in [3.8, 4) is 0 Å². The van der Waals surface area contributed by atoms with Crippen LogP contribution >= 0.6 is 0 Å². The van der Waals surface area contributed by atoms with Gasteiger partial charge in [0.05, 0.1) is 0 Å². The van der Waals surface area contributed by atoms with Crippen LogP contribution in [0.5, 0.6) is 0 Å². The smallest absolute Gasteiger partial charge is 0.206 e. The maximum Gasteiger partial charge on any atom is 0.206 e. The number of aryl methyl sites for hydroxylation is 4. The molecule has 0 atom stereocenters. The van der Waals surface area contributed by atoms with E-state index in [1.807, 2.05) is 0 Å². The van der Waals surface area contributed by atoms with Crippen LogP contribution in [-0.4, -0.2) is 26.2 Å². The lowest BCUT2D eigenvalue weighted by Crippen LogP contribution is -3.00. The first kappa shape index (κ1) is 37.0. The molecule has 0 spiro atoms. The van der Waals surface area contributed by atoms with Crippen LogP contribution in [0.3, 0.4) is 0 Å². The Labute approximate surface area is 286 Å². The Morgan fingerprint density at radius 2 is 0.841 bits per heavy atom. The third-order valence-corrected chi connectivity index (χ3v) is 8.09. The molecule has 6 heteroatoms. The molecule has 0 saturated heterocycles. The summed E-state index contributed by atoms with van der Waals surface area (Å²) in [5, 5.41) is 0. The summed E-state index contributed by atoms with van der Waals surface area (Å²) < 4.78 is 4.56. The van der Waals surface area contributed by atoms with Gasteiger partial charge in [-0.15, -0.1) is 0 Å². The van der Waals surface area contributed by atoms with E-state index in [1.165, 1.54) is 44.8 Å². The van der Waals surface area contributed by atoms with Crippen molar-refractivity contribution in [3.63, 3.8) is 0 Å². The average molecular weight is 721 g/mol. The van der Waals surface area contributed by atoms with Gasteiger partial charge in [0, 0.05) is 60.8 Å². The highest BCUT2D eigenvalue weighted by atomic mass is 79.9. The molecule has 4 rings (SSSR count). The summed E-state index contributed by atoms with van der Waals surface area (Å²) in [6.07, 6.45) is 17.7. The van der Waals surface area contributed by atoms with Gasteiger partial charge < -0.3 is 43.8 Å². The normalized spacial score (nSPS) is 11.0. The van der Waals surface area contributed by atoms with Gasteiger partial charge in [-0.05, 0) is 88.1 Å². The molecule has 44 heavy (non-hydrogen) atoms. The molecule has 234 valence electrons. The van der Waals surface area contributed by atoms with Gasteiger partial charge in [0.2, 0.25) is 13.1 Å². The minimum absolute atomic E-state index is 0. The van der Waals surface area contributed by atoms with E-state index in [0.29, 0.717) is 0 Å². The molecular formula is C38H48Br2N4. The zero-order valence-corrected chi connectivity index (χ0v) is 30.4. The first-order valence-corrected chi connectivity index (χ1v) is 15.5. The van der Waals surface area contributed by atoms with Crippen LogP contribution in [-0.2, 0) is 13.1 Å². The van der Waals surface area contributed by atoms with E-state index in [0.717, 1.165) is 39.3 Å². The van der Waals surface area contributed by atoms with Crippen molar-refractivity contribution in [2.45, 2.75) is 54.6 Å². The number of anilines is 2. The molecule has 2 aromatic carbocycles. The highest BCUT2D eigenvalue weighted by Crippen LogP contribution is 2.18. The summed E-state index contributed by atoms with van der Waals surface area (Å²) in [5.74, 6) is 0. The first-order valence-electron chi connectivity index (χ1n) is 15.5. The Hall–Kier alpha value is -3.22. The van der Waals surface area contributed by atoms with Gasteiger partial charge >= 0.3 is 0 Å². The van der Waals surface area contributed by atoms with Crippen LogP contribution in [0.15, 0.2) is 85.5 Å². The van der Waals surface area contributed by atoms with Gasteiger partial charge in [0.25, 0.3) is 0 Å². The summed E-state index contributed by atoms with van der Waals surface area (Å²) in [4.78, 5) is 4.74. The summed E-state index contributed by atoms with van der Waals surface area (Å²) in [5.41, 5.74) is 10.1. The largest absolute Gasteiger partial charge is 1.00 e. The predicted molar refractivity (Wildman–Crippen MR) is 181 cm³/mol. The second-order valence-electron chi connectivity index (χ2n) is 10.8. The molecule has 0 N–H and O–H groups in total. The summed E-state index contributed by atoms with van der Waals surface area (Å²) in [7, 11) is 0. The molecule has 0 radical (unpaired) electrons. The maximum absolute atomic E-state index is 2.37. The standard InChI is InChI=1S/C38H48N4.2BrH/c1-7-41(8-2)37-19-13-33(14-20-37)11-17-35-23-25-39(29-31(35)5)27-28-40-26-24-36(32(6)30-40)18-12-34-15-21-38(22-16-34)42(9-3)10-4;;/h11-26,29-30H,7-10,27-28H2,1-6H3;2*1H/q+2;;/p-2. The monoisotopic (exact) mass is 718 g/mol. The summed E-state index contributed by atoms with van der Waals surface area (Å²) in [6.45, 7) is 19.2. The van der Waals surface area contributed by atoms with Crippen LogP contribution in [0.25, 0.3) is 24.3 Å². The first-order chi connectivity index (χ1) is 20.4. The Morgan fingerprint density at radius 3 is 1.14 bits per heavy atom. The molecule has 0 aliphatic carbocycles. The number of hydrogen-bond donors (Lipinski definition) is 0. The molecular weight excluding hydrogens is 672 g/mol. The van der Waals surface area contributed by atoms with Crippen molar-refractivity contribution >= 4 is 35.7 Å². The number of benzene rings is 2. The lowest BCUT2D eigenvalue weighted by molar-refractivity contribution is -0.778. The molecule has 0 saturated carbocycles. The van der Waals surface area contributed by atoms with Crippen molar-refractivity contribution in [1.82, 2.24) is 0 Å². The van der Waals surface area contributed by atoms with Crippen LogP contribution < -0.4 is 52.9 Å². The number of aromatic nitrogens is 2. The molecule has 4 aromatic rings. The highest BCUT2D eigenvalue weighted by Gasteiger charge is 2.10. The third-order valence-electron chi connectivity index (χ3n) is 8.09. The van der Waals surface area contributed by atoms with Gasteiger partial charge in [0.1, 0.15) is 0 Å². The fourth-order valence-electron chi connectivity index (χ4n) is 5.37. The molecule has 0 bridgehead atoms. The number of pyridine rings is 2. The third kappa shape index (κ3) is 10.2. The minimum Gasteiger partial charge on any atom is -1.00 e. The van der Waals surface area contributed by atoms with E-state index in [4.69, 9.17) is 0 Å². The topological polar surface area (TPSA) is 14.2 Å². The quantitative estimate of drug-likeness (QED) is 0.195. The van der Waals surface area contributed by atoms with Crippen molar-refractivity contribution in [3.05, 3.63) is 119 Å². The Kier molecular flexibility index (Phi) is 15.6. The van der Waals surface area contributed by atoms with Crippen molar-refractivity contribution in [2.75, 3.05) is 36.0 Å². The van der Waals surface area contributed by atoms with E-state index < -0.39 is 0 Å². The maximum atomic E-state index is 2.37. The van der Waals surface area contributed by atoms with Crippen LogP contribution in [0.2, 0.25) is 0 Å². The summed E-state index contributed by atoms with van der Waals surface area (Å²) >= 11 is 0. The zero-order valence-electron chi connectivity index (χ0n) is 27.2. The van der Waals surface area contributed by atoms with Gasteiger partial charge in [-0.25, -0.2) is 0 Å². The zero-order chi connectivity index (χ0) is 29.9. The van der Waals surface area contributed by atoms with Gasteiger partial charge in [-0.1, -0.05) is 48.6 Å². The fraction of sp³-hybridized carbons (Fsp3) is 0.316. The highest BCUT2D eigenvalue weighted by molar-refractivity contribution is 5.72. The number of halogens is 2. The van der Waals surface area contributed by atoms with Gasteiger partial charge in [0.15, 0.2) is 24.8 Å². The molecule has 0 fully saturated rings. The Morgan fingerprint density at radius 1 is 0.500 bits per heavy atom. The Balaban J connectivity index is 0.00000337. The van der Waals surface area contributed by atoms with Crippen LogP contribution in [0.1, 0.15) is 61.1 Å². The number of nitrogens with zero attached hydrogens (tertiary/aromatic N) is 4. The molecule has 0 amide bonds. The predicted octanol–water partition coefficient (Wildman–Crippen LogP) is 1.62. The van der Waals surface area contributed by atoms with E-state index in [2.05, 4.69) is 170 Å². The average Bonchev–Trinajstić information content (AvgIpc) is 3.01. The van der Waals surface area contributed by atoms with Crippen LogP contribution in [0.4, 0.5) is 11.4 Å². The second-order valence-corrected chi connectivity index (χ2v) is 10.8. The van der Waals surface area contributed by atoms with E-state index in [-0.39, 0.29) is 34.0 Å². The fourth-order valence-corrected chi connectivity index (χ4v) is 5.37. The SMILES string of the molecule is CCN(CC)c1ccc(/C=C/c2cc[n+](CC[n+]3ccc(/C=C/c4ccc(N(CC)CC)cc4)c(C)c3)cc2C)cc1.[Br-].[Br-]. The lowest BCUT2D eigenvalue weighted by Gasteiger charge is -2.20.